The molecule has 1 aliphatic carbocycles. The van der Waals surface area contributed by atoms with Crippen molar-refractivity contribution in [1.82, 2.24) is 0 Å². The molecule has 2 rings (SSSR count). The van der Waals surface area contributed by atoms with Crippen LogP contribution in [0.4, 0.5) is 0 Å². The van der Waals surface area contributed by atoms with Crippen molar-refractivity contribution in [1.29, 1.82) is 0 Å². The van der Waals surface area contributed by atoms with E-state index in [1.807, 2.05) is 0 Å². The molecule has 0 saturated heterocycles. The standard InChI is InChI=1S/C13H8Br2O3/c14-12(15)5-6-18-11-7-10(16)8-3-1-2-4-9(8)13(11)17/h1-5,7H,6H2. The van der Waals surface area contributed by atoms with Gasteiger partial charge in [0.2, 0.25) is 5.78 Å². The number of carbonyl (C=O) groups is 2. The second-order valence-corrected chi connectivity index (χ2v) is 6.33. The van der Waals surface area contributed by atoms with Crippen molar-refractivity contribution in [2.45, 2.75) is 0 Å². The predicted molar refractivity (Wildman–Crippen MR) is 75.1 cm³/mol. The Hall–Kier alpha value is -1.20. The van der Waals surface area contributed by atoms with Crippen molar-refractivity contribution in [3.8, 4) is 0 Å². The van der Waals surface area contributed by atoms with E-state index in [4.69, 9.17) is 4.74 Å². The summed E-state index contributed by atoms with van der Waals surface area (Å²) in [7, 11) is 0. The first kappa shape index (κ1) is 13.2. The van der Waals surface area contributed by atoms with Crippen LogP contribution in [0.5, 0.6) is 0 Å². The van der Waals surface area contributed by atoms with Crippen LogP contribution in [-0.2, 0) is 4.74 Å². The zero-order chi connectivity index (χ0) is 13.1. The van der Waals surface area contributed by atoms with E-state index in [2.05, 4.69) is 31.9 Å². The Morgan fingerprint density at radius 1 is 1.17 bits per heavy atom. The largest absolute Gasteiger partial charge is 0.485 e. The fraction of sp³-hybridized carbons (Fsp3) is 0.0769. The van der Waals surface area contributed by atoms with Gasteiger partial charge in [0.25, 0.3) is 0 Å². The summed E-state index contributed by atoms with van der Waals surface area (Å²) in [6.07, 6.45) is 2.93. The number of Topliss-reactive ketones (excluding diaryl/α,β-unsaturated/α-hetero) is 1. The first-order valence-corrected chi connectivity index (χ1v) is 6.72. The lowest BCUT2D eigenvalue weighted by Crippen LogP contribution is -2.18. The molecule has 1 aliphatic rings. The average Bonchev–Trinajstić information content (AvgIpc) is 2.35. The lowest BCUT2D eigenvalue weighted by molar-refractivity contribution is 0.0900. The molecule has 0 radical (unpaired) electrons. The van der Waals surface area contributed by atoms with Crippen LogP contribution in [0.15, 0.2) is 45.6 Å². The summed E-state index contributed by atoms with van der Waals surface area (Å²) in [6, 6.07) is 6.72. The van der Waals surface area contributed by atoms with Gasteiger partial charge in [-0.2, -0.15) is 0 Å². The number of rotatable bonds is 3. The highest BCUT2D eigenvalue weighted by Crippen LogP contribution is 2.22. The molecule has 18 heavy (non-hydrogen) atoms. The van der Waals surface area contributed by atoms with Crippen LogP contribution >= 0.6 is 31.9 Å². The number of hydrogen-bond donors (Lipinski definition) is 0. The van der Waals surface area contributed by atoms with E-state index in [9.17, 15) is 9.59 Å². The Labute approximate surface area is 121 Å². The molecule has 0 saturated carbocycles. The van der Waals surface area contributed by atoms with Gasteiger partial charge < -0.3 is 4.74 Å². The van der Waals surface area contributed by atoms with Crippen molar-refractivity contribution in [2.75, 3.05) is 6.61 Å². The summed E-state index contributed by atoms with van der Waals surface area (Å²) < 4.78 is 6.02. The van der Waals surface area contributed by atoms with E-state index in [0.29, 0.717) is 11.1 Å². The molecule has 0 N–H and O–H groups in total. The summed E-state index contributed by atoms with van der Waals surface area (Å²) in [5.74, 6) is -0.386. The quantitative estimate of drug-likeness (QED) is 0.815. The number of benzene rings is 1. The molecule has 0 fully saturated rings. The first-order chi connectivity index (χ1) is 8.59. The number of ether oxygens (including phenoxy) is 1. The van der Waals surface area contributed by atoms with Gasteiger partial charge in [0.05, 0.1) is 3.39 Å². The fourth-order valence-corrected chi connectivity index (χ4v) is 1.86. The second kappa shape index (κ2) is 5.63. The highest BCUT2D eigenvalue weighted by atomic mass is 79.9. The van der Waals surface area contributed by atoms with E-state index in [0.717, 1.165) is 3.39 Å². The van der Waals surface area contributed by atoms with Crippen molar-refractivity contribution in [3.63, 3.8) is 0 Å². The molecule has 0 spiro atoms. The minimum atomic E-state index is -0.260. The minimum Gasteiger partial charge on any atom is -0.485 e. The van der Waals surface area contributed by atoms with Gasteiger partial charge in [0.15, 0.2) is 11.5 Å². The summed E-state index contributed by atoms with van der Waals surface area (Å²) in [6.45, 7) is 0.207. The summed E-state index contributed by atoms with van der Waals surface area (Å²) in [5.41, 5.74) is 0.814. The van der Waals surface area contributed by atoms with Gasteiger partial charge in [0, 0.05) is 17.2 Å². The molecule has 5 heteroatoms. The Bertz CT molecular complexity index is 569. The van der Waals surface area contributed by atoms with Crippen molar-refractivity contribution in [3.05, 3.63) is 56.7 Å². The van der Waals surface area contributed by atoms with Crippen LogP contribution in [-0.4, -0.2) is 18.2 Å². The molecule has 3 nitrogen and oxygen atoms in total. The third-order valence-electron chi connectivity index (χ3n) is 2.40. The maximum absolute atomic E-state index is 12.0. The van der Waals surface area contributed by atoms with Crippen LogP contribution in [0.1, 0.15) is 20.7 Å². The lowest BCUT2D eigenvalue weighted by atomic mass is 9.94. The Morgan fingerprint density at radius 2 is 1.83 bits per heavy atom. The fourth-order valence-electron chi connectivity index (χ4n) is 1.59. The molecule has 0 unspecified atom stereocenters. The molecule has 0 atom stereocenters. The number of halogens is 2. The van der Waals surface area contributed by atoms with Gasteiger partial charge in [-0.05, 0) is 37.9 Å². The van der Waals surface area contributed by atoms with E-state index in [-0.39, 0.29) is 23.9 Å². The van der Waals surface area contributed by atoms with Crippen molar-refractivity contribution < 1.29 is 14.3 Å². The topological polar surface area (TPSA) is 43.4 Å². The maximum atomic E-state index is 12.0. The highest BCUT2D eigenvalue weighted by Gasteiger charge is 2.25. The predicted octanol–water partition coefficient (Wildman–Crippen LogP) is 3.60. The van der Waals surface area contributed by atoms with Gasteiger partial charge in [-0.3, -0.25) is 9.59 Å². The molecule has 0 heterocycles. The Kier molecular flexibility index (Phi) is 4.14. The maximum Gasteiger partial charge on any atom is 0.228 e. The first-order valence-electron chi connectivity index (χ1n) is 5.13. The number of allylic oxidation sites excluding steroid dienone is 2. The molecule has 92 valence electrons. The Morgan fingerprint density at radius 3 is 2.50 bits per heavy atom. The zero-order valence-corrected chi connectivity index (χ0v) is 12.3. The van der Waals surface area contributed by atoms with Crippen LogP contribution in [0.25, 0.3) is 0 Å². The molecule has 0 amide bonds. The molecule has 0 aliphatic heterocycles. The second-order valence-electron chi connectivity index (χ2n) is 3.55. The van der Waals surface area contributed by atoms with Crippen LogP contribution in [0.2, 0.25) is 0 Å². The highest BCUT2D eigenvalue weighted by molar-refractivity contribution is 9.28. The molecule has 1 aromatic rings. The van der Waals surface area contributed by atoms with E-state index < -0.39 is 0 Å². The molecule has 1 aromatic carbocycles. The molecule has 0 bridgehead atoms. The third-order valence-corrected chi connectivity index (χ3v) is 3.05. The summed E-state index contributed by atoms with van der Waals surface area (Å²) in [5, 5.41) is 0. The van der Waals surface area contributed by atoms with Gasteiger partial charge >= 0.3 is 0 Å². The van der Waals surface area contributed by atoms with Gasteiger partial charge in [-0.15, -0.1) is 0 Å². The van der Waals surface area contributed by atoms with Crippen LogP contribution in [0.3, 0.4) is 0 Å². The SMILES string of the molecule is O=C1C=C(OCC=C(Br)Br)C(=O)c2ccccc21. The Balaban J connectivity index is 2.23. The normalized spacial score (nSPS) is 13.8. The molecular formula is C13H8Br2O3. The summed E-state index contributed by atoms with van der Waals surface area (Å²) >= 11 is 6.36. The van der Waals surface area contributed by atoms with Gasteiger partial charge in [-0.1, -0.05) is 24.3 Å². The molecular weight excluding hydrogens is 364 g/mol. The molecule has 0 aromatic heterocycles. The number of fused-ring (bicyclic) bond motifs is 1. The van der Waals surface area contributed by atoms with E-state index in [1.165, 1.54) is 6.08 Å². The van der Waals surface area contributed by atoms with Crippen LogP contribution in [0, 0.1) is 0 Å². The average molecular weight is 372 g/mol. The smallest absolute Gasteiger partial charge is 0.228 e. The lowest BCUT2D eigenvalue weighted by Gasteiger charge is -2.14. The van der Waals surface area contributed by atoms with Crippen molar-refractivity contribution in [2.24, 2.45) is 0 Å². The zero-order valence-electron chi connectivity index (χ0n) is 9.15. The minimum absolute atomic E-state index is 0.0798. The number of carbonyl (C=O) groups excluding carboxylic acids is 2. The van der Waals surface area contributed by atoms with Crippen LogP contribution < -0.4 is 0 Å². The van der Waals surface area contributed by atoms with E-state index in [1.54, 1.807) is 30.3 Å². The monoisotopic (exact) mass is 370 g/mol. The van der Waals surface area contributed by atoms with Gasteiger partial charge in [0.1, 0.15) is 6.61 Å². The summed E-state index contributed by atoms with van der Waals surface area (Å²) in [4.78, 5) is 23.8. The third kappa shape index (κ3) is 2.79. The van der Waals surface area contributed by atoms with Gasteiger partial charge in [-0.25, -0.2) is 0 Å². The van der Waals surface area contributed by atoms with E-state index >= 15 is 0 Å². The number of hydrogen-bond acceptors (Lipinski definition) is 3. The number of ketones is 2. The van der Waals surface area contributed by atoms with Crippen molar-refractivity contribution >= 4 is 43.4 Å².